The lowest BCUT2D eigenvalue weighted by atomic mass is 9.74. The molecular formula is C25H38N4O3. The molecule has 3 rings (SSSR count). The van der Waals surface area contributed by atoms with Crippen molar-refractivity contribution in [2.45, 2.75) is 51.5 Å². The highest BCUT2D eigenvalue weighted by Crippen LogP contribution is 2.37. The van der Waals surface area contributed by atoms with Crippen LogP contribution in [0.5, 0.6) is 0 Å². The number of likely N-dealkylation sites (tertiary alicyclic amines) is 1. The summed E-state index contributed by atoms with van der Waals surface area (Å²) in [4.78, 5) is 44.4. The second-order valence-corrected chi connectivity index (χ2v) is 9.90. The van der Waals surface area contributed by atoms with Crippen LogP contribution in [0.3, 0.4) is 0 Å². The van der Waals surface area contributed by atoms with E-state index in [1.807, 2.05) is 42.1 Å². The van der Waals surface area contributed by atoms with Crippen LogP contribution in [0.2, 0.25) is 0 Å². The van der Waals surface area contributed by atoms with Gasteiger partial charge in [0.25, 0.3) is 5.91 Å². The van der Waals surface area contributed by atoms with Crippen LogP contribution in [0, 0.1) is 11.8 Å². The van der Waals surface area contributed by atoms with Crippen LogP contribution in [0.25, 0.3) is 0 Å². The normalized spacial score (nSPS) is 22.2. The summed E-state index contributed by atoms with van der Waals surface area (Å²) < 4.78 is 0. The van der Waals surface area contributed by atoms with E-state index in [1.165, 1.54) is 4.90 Å². The van der Waals surface area contributed by atoms with Crippen LogP contribution < -0.4 is 5.32 Å². The van der Waals surface area contributed by atoms with Gasteiger partial charge in [0.2, 0.25) is 5.91 Å². The second-order valence-electron chi connectivity index (χ2n) is 9.90. The highest BCUT2D eigenvalue weighted by molar-refractivity contribution is 6.07. The molecule has 2 aliphatic heterocycles. The molecule has 2 saturated heterocycles. The predicted octanol–water partition coefficient (Wildman–Crippen LogP) is 2.76. The number of rotatable bonds is 9. The van der Waals surface area contributed by atoms with Gasteiger partial charge in [0.05, 0.1) is 0 Å². The van der Waals surface area contributed by atoms with Gasteiger partial charge in [-0.1, -0.05) is 44.2 Å². The lowest BCUT2D eigenvalue weighted by Crippen LogP contribution is -2.57. The number of hydrogen-bond acceptors (Lipinski definition) is 4. The molecule has 176 valence electrons. The number of nitrogens with one attached hydrogen (secondary N) is 1. The number of aryl methyl sites for hydroxylation is 1. The number of nitrogens with zero attached hydrogens (tertiary/aromatic N) is 3. The Balaban J connectivity index is 1.77. The average molecular weight is 443 g/mol. The molecule has 2 fully saturated rings. The maximum absolute atomic E-state index is 13.7. The minimum absolute atomic E-state index is 0.0233. The SMILES string of the molecule is CC(C)CC(=O)N1CCC(C2(CCc3ccccc3)NC(=O)N(CCN(C)C)C2=O)CC1. The fourth-order valence-electron chi connectivity index (χ4n) is 4.88. The quantitative estimate of drug-likeness (QED) is 0.597. The number of carbonyl (C=O) groups is 3. The lowest BCUT2D eigenvalue weighted by molar-refractivity contribution is -0.136. The minimum atomic E-state index is -0.896. The molecule has 32 heavy (non-hydrogen) atoms. The molecule has 7 heteroatoms. The molecule has 1 atom stereocenters. The van der Waals surface area contributed by atoms with Crippen LogP contribution in [-0.4, -0.2) is 78.4 Å². The Morgan fingerprint density at radius 2 is 1.81 bits per heavy atom. The number of amides is 4. The smallest absolute Gasteiger partial charge is 0.325 e. The number of likely N-dealkylation sites (N-methyl/N-ethyl adjacent to an activating group) is 1. The Bertz CT molecular complexity index is 803. The summed E-state index contributed by atoms with van der Waals surface area (Å²) in [6.45, 7) is 6.41. The van der Waals surface area contributed by atoms with Gasteiger partial charge in [0.15, 0.2) is 0 Å². The Morgan fingerprint density at radius 3 is 2.41 bits per heavy atom. The molecule has 0 spiro atoms. The summed E-state index contributed by atoms with van der Waals surface area (Å²) in [5.41, 5.74) is 0.261. The molecule has 1 N–H and O–H groups in total. The molecule has 2 aliphatic rings. The van der Waals surface area contributed by atoms with Gasteiger partial charge in [-0.15, -0.1) is 0 Å². The first kappa shape index (κ1) is 24.2. The van der Waals surface area contributed by atoms with Crippen LogP contribution >= 0.6 is 0 Å². The molecule has 7 nitrogen and oxygen atoms in total. The van der Waals surface area contributed by atoms with Gasteiger partial charge in [-0.05, 0) is 57.2 Å². The molecule has 2 heterocycles. The summed E-state index contributed by atoms with van der Waals surface area (Å²) in [6, 6.07) is 9.81. The molecule has 0 aliphatic carbocycles. The summed E-state index contributed by atoms with van der Waals surface area (Å²) in [6.07, 6.45) is 3.31. The molecular weight excluding hydrogens is 404 g/mol. The standard InChI is InChI=1S/C25H38N4O3/c1-19(2)18-22(30)28-14-11-21(12-15-28)25(13-10-20-8-6-5-7-9-20)23(31)29(24(32)26-25)17-16-27(3)4/h5-9,19,21H,10-18H2,1-4H3,(H,26,32). The van der Waals surface area contributed by atoms with Crippen LogP contribution in [0.4, 0.5) is 4.79 Å². The van der Waals surface area contributed by atoms with Gasteiger partial charge < -0.3 is 15.1 Å². The molecule has 0 aromatic heterocycles. The van der Waals surface area contributed by atoms with Crippen LogP contribution in [-0.2, 0) is 16.0 Å². The van der Waals surface area contributed by atoms with E-state index in [2.05, 4.69) is 31.3 Å². The van der Waals surface area contributed by atoms with Crippen molar-refractivity contribution in [1.29, 1.82) is 0 Å². The first-order valence-corrected chi connectivity index (χ1v) is 11.8. The maximum Gasteiger partial charge on any atom is 0.325 e. The van der Waals surface area contributed by atoms with E-state index < -0.39 is 5.54 Å². The highest BCUT2D eigenvalue weighted by Gasteiger charge is 2.55. The van der Waals surface area contributed by atoms with E-state index in [1.54, 1.807) is 0 Å². The molecule has 0 bridgehead atoms. The van der Waals surface area contributed by atoms with Crippen molar-refractivity contribution < 1.29 is 14.4 Å². The van der Waals surface area contributed by atoms with Crippen molar-refractivity contribution in [1.82, 2.24) is 20.0 Å². The average Bonchev–Trinajstić information content (AvgIpc) is 3.01. The predicted molar refractivity (Wildman–Crippen MR) is 125 cm³/mol. The number of imide groups is 1. The molecule has 0 radical (unpaired) electrons. The van der Waals surface area contributed by atoms with Gasteiger partial charge >= 0.3 is 6.03 Å². The zero-order chi connectivity index (χ0) is 23.3. The summed E-state index contributed by atoms with van der Waals surface area (Å²) in [7, 11) is 3.87. The van der Waals surface area contributed by atoms with E-state index >= 15 is 0 Å². The van der Waals surface area contributed by atoms with Gasteiger partial charge in [0.1, 0.15) is 5.54 Å². The van der Waals surface area contributed by atoms with Crippen molar-refractivity contribution in [2.24, 2.45) is 11.8 Å². The van der Waals surface area contributed by atoms with Crippen molar-refractivity contribution in [2.75, 3.05) is 40.3 Å². The Labute approximate surface area is 192 Å². The van der Waals surface area contributed by atoms with E-state index in [4.69, 9.17) is 0 Å². The van der Waals surface area contributed by atoms with Crippen molar-refractivity contribution >= 4 is 17.8 Å². The molecule has 1 aromatic rings. The van der Waals surface area contributed by atoms with E-state index in [0.29, 0.717) is 44.9 Å². The van der Waals surface area contributed by atoms with Crippen LogP contribution in [0.15, 0.2) is 30.3 Å². The first-order valence-electron chi connectivity index (χ1n) is 11.8. The van der Waals surface area contributed by atoms with Gasteiger partial charge in [-0.25, -0.2) is 4.79 Å². The zero-order valence-electron chi connectivity index (χ0n) is 20.0. The molecule has 4 amide bonds. The number of urea groups is 1. The van der Waals surface area contributed by atoms with Gasteiger partial charge in [-0.3, -0.25) is 14.5 Å². The summed E-state index contributed by atoms with van der Waals surface area (Å²) in [5.74, 6) is 0.437. The Hall–Kier alpha value is -2.41. The largest absolute Gasteiger partial charge is 0.343 e. The van der Waals surface area contributed by atoms with Gasteiger partial charge in [0, 0.05) is 32.6 Å². The number of piperidine rings is 1. The van der Waals surface area contributed by atoms with E-state index in [-0.39, 0.29) is 23.8 Å². The molecule has 1 aromatic carbocycles. The van der Waals surface area contributed by atoms with Crippen molar-refractivity contribution in [3.8, 4) is 0 Å². The fourth-order valence-corrected chi connectivity index (χ4v) is 4.88. The topological polar surface area (TPSA) is 73.0 Å². The Morgan fingerprint density at radius 1 is 1.16 bits per heavy atom. The number of benzene rings is 1. The number of hydrogen-bond donors (Lipinski definition) is 1. The maximum atomic E-state index is 13.7. The fraction of sp³-hybridized carbons (Fsp3) is 0.640. The summed E-state index contributed by atoms with van der Waals surface area (Å²) in [5, 5.41) is 3.12. The van der Waals surface area contributed by atoms with Crippen molar-refractivity contribution in [3.63, 3.8) is 0 Å². The third kappa shape index (κ3) is 5.49. The molecule has 1 unspecified atom stereocenters. The third-order valence-corrected chi connectivity index (χ3v) is 6.75. The van der Waals surface area contributed by atoms with Gasteiger partial charge in [-0.2, -0.15) is 0 Å². The second kappa shape index (κ2) is 10.5. The minimum Gasteiger partial charge on any atom is -0.343 e. The third-order valence-electron chi connectivity index (χ3n) is 6.75. The monoisotopic (exact) mass is 442 g/mol. The van der Waals surface area contributed by atoms with Crippen LogP contribution in [0.1, 0.15) is 45.1 Å². The molecule has 0 saturated carbocycles. The number of carbonyl (C=O) groups excluding carboxylic acids is 3. The van der Waals surface area contributed by atoms with E-state index in [0.717, 1.165) is 24.8 Å². The lowest BCUT2D eigenvalue weighted by Gasteiger charge is -2.41. The zero-order valence-corrected chi connectivity index (χ0v) is 20.0. The Kier molecular flexibility index (Phi) is 7.93. The van der Waals surface area contributed by atoms with E-state index in [9.17, 15) is 14.4 Å². The van der Waals surface area contributed by atoms with Crippen molar-refractivity contribution in [3.05, 3.63) is 35.9 Å². The highest BCUT2D eigenvalue weighted by atomic mass is 16.2. The summed E-state index contributed by atoms with van der Waals surface area (Å²) >= 11 is 0. The first-order chi connectivity index (χ1) is 15.2.